The van der Waals surface area contributed by atoms with E-state index in [2.05, 4.69) is 17.3 Å². The lowest BCUT2D eigenvalue weighted by atomic mass is 10.1. The van der Waals surface area contributed by atoms with E-state index < -0.39 is 0 Å². The Morgan fingerprint density at radius 1 is 1.25 bits per heavy atom. The van der Waals surface area contributed by atoms with Gasteiger partial charge in [0.1, 0.15) is 0 Å². The molecule has 0 saturated heterocycles. The van der Waals surface area contributed by atoms with Gasteiger partial charge in [-0.15, -0.1) is 0 Å². The topological polar surface area (TPSA) is 29.9 Å². The summed E-state index contributed by atoms with van der Waals surface area (Å²) in [5, 5.41) is 9.16. The van der Waals surface area contributed by atoms with E-state index in [1.807, 2.05) is 26.2 Å². The van der Waals surface area contributed by atoms with Crippen molar-refractivity contribution < 1.29 is 0 Å². The van der Waals surface area contributed by atoms with Crippen molar-refractivity contribution >= 4 is 40.5 Å². The molecule has 1 aromatic carbocycles. The van der Waals surface area contributed by atoms with Gasteiger partial charge in [-0.1, -0.05) is 47.8 Å². The van der Waals surface area contributed by atoms with Crippen molar-refractivity contribution in [2.24, 2.45) is 7.05 Å². The number of rotatable bonds is 4. The molecule has 1 atom stereocenters. The van der Waals surface area contributed by atoms with Gasteiger partial charge < -0.3 is 5.32 Å². The minimum Gasteiger partial charge on any atom is -0.376 e. The Bertz CT molecular complexity index is 622. The zero-order valence-electron chi connectivity index (χ0n) is 11.5. The number of hydrogen-bond acceptors (Lipinski definition) is 2. The van der Waals surface area contributed by atoms with E-state index in [1.54, 1.807) is 10.7 Å². The van der Waals surface area contributed by atoms with Crippen molar-refractivity contribution in [2.75, 3.05) is 5.32 Å². The molecule has 0 saturated carbocycles. The number of nitrogens with zero attached hydrogens (tertiary/aromatic N) is 2. The summed E-state index contributed by atoms with van der Waals surface area (Å²) in [7, 11) is 1.90. The van der Waals surface area contributed by atoms with Gasteiger partial charge >= 0.3 is 0 Å². The number of aromatic nitrogens is 2. The van der Waals surface area contributed by atoms with E-state index in [1.165, 1.54) is 0 Å². The van der Waals surface area contributed by atoms with Crippen molar-refractivity contribution in [1.29, 1.82) is 0 Å². The Kier molecular flexibility index (Phi) is 4.84. The average molecular weight is 333 g/mol. The van der Waals surface area contributed by atoms with Crippen molar-refractivity contribution in [3.05, 3.63) is 44.7 Å². The number of anilines is 1. The molecule has 3 nitrogen and oxygen atoms in total. The summed E-state index contributed by atoms with van der Waals surface area (Å²) in [5.41, 5.74) is 2.94. The zero-order chi connectivity index (χ0) is 14.9. The third kappa shape index (κ3) is 3.05. The fraction of sp³-hybridized carbons (Fsp3) is 0.357. The van der Waals surface area contributed by atoms with Crippen LogP contribution in [-0.2, 0) is 13.5 Å². The highest BCUT2D eigenvalue weighted by Gasteiger charge is 2.16. The molecule has 1 N–H and O–H groups in total. The van der Waals surface area contributed by atoms with Crippen LogP contribution in [0.2, 0.25) is 15.1 Å². The maximum Gasteiger partial charge on any atom is 0.0853 e. The number of halogens is 3. The summed E-state index contributed by atoms with van der Waals surface area (Å²) in [4.78, 5) is 0. The van der Waals surface area contributed by atoms with Crippen LogP contribution < -0.4 is 5.32 Å². The fourth-order valence-corrected chi connectivity index (χ4v) is 2.81. The van der Waals surface area contributed by atoms with Crippen LogP contribution in [0.3, 0.4) is 0 Å². The lowest BCUT2D eigenvalue weighted by molar-refractivity contribution is 0.746. The minimum atomic E-state index is 0.00627. The first-order valence-corrected chi connectivity index (χ1v) is 7.49. The summed E-state index contributed by atoms with van der Waals surface area (Å²) >= 11 is 18.3. The van der Waals surface area contributed by atoms with E-state index in [4.69, 9.17) is 34.8 Å². The molecule has 1 aromatic heterocycles. The Morgan fingerprint density at radius 2 is 1.95 bits per heavy atom. The molecule has 0 aliphatic heterocycles. The van der Waals surface area contributed by atoms with Crippen LogP contribution in [0.25, 0.3) is 0 Å². The van der Waals surface area contributed by atoms with Crippen LogP contribution in [0.1, 0.15) is 31.1 Å². The maximum absolute atomic E-state index is 6.26. The van der Waals surface area contributed by atoms with Crippen LogP contribution >= 0.6 is 34.8 Å². The zero-order valence-corrected chi connectivity index (χ0v) is 13.8. The summed E-state index contributed by atoms with van der Waals surface area (Å²) < 4.78 is 1.80. The molecule has 0 amide bonds. The Labute approximate surface area is 133 Å². The molecule has 0 radical (unpaired) electrons. The predicted octanol–water partition coefficient (Wildman–Crippen LogP) is 5.12. The van der Waals surface area contributed by atoms with Crippen LogP contribution in [0.4, 0.5) is 5.69 Å². The van der Waals surface area contributed by atoms with Gasteiger partial charge in [0, 0.05) is 13.2 Å². The van der Waals surface area contributed by atoms with Gasteiger partial charge in [0.05, 0.1) is 32.5 Å². The molecule has 0 spiro atoms. The summed E-state index contributed by atoms with van der Waals surface area (Å²) in [6.45, 7) is 4.10. The van der Waals surface area contributed by atoms with E-state index in [-0.39, 0.29) is 6.04 Å². The van der Waals surface area contributed by atoms with Crippen molar-refractivity contribution in [2.45, 2.75) is 26.3 Å². The number of benzene rings is 1. The monoisotopic (exact) mass is 331 g/mol. The highest BCUT2D eigenvalue weighted by molar-refractivity contribution is 6.48. The molecule has 1 heterocycles. The van der Waals surface area contributed by atoms with Gasteiger partial charge in [-0.2, -0.15) is 5.10 Å². The second kappa shape index (κ2) is 6.25. The molecule has 0 aliphatic carbocycles. The molecule has 2 rings (SSSR count). The summed E-state index contributed by atoms with van der Waals surface area (Å²) in [6.07, 6.45) is 2.83. The molecule has 20 heavy (non-hydrogen) atoms. The maximum atomic E-state index is 6.26. The molecular formula is C14H16Cl3N3. The lowest BCUT2D eigenvalue weighted by Gasteiger charge is -2.17. The highest BCUT2D eigenvalue weighted by atomic mass is 35.5. The Hall–Kier alpha value is -0.900. The van der Waals surface area contributed by atoms with Crippen molar-refractivity contribution in [1.82, 2.24) is 9.78 Å². The molecule has 6 heteroatoms. The molecule has 0 aliphatic rings. The van der Waals surface area contributed by atoms with Crippen LogP contribution in [0.15, 0.2) is 18.3 Å². The highest BCUT2D eigenvalue weighted by Crippen LogP contribution is 2.36. The van der Waals surface area contributed by atoms with Gasteiger partial charge in [0.2, 0.25) is 0 Å². The smallest absolute Gasteiger partial charge is 0.0853 e. The predicted molar refractivity (Wildman–Crippen MR) is 86.1 cm³/mol. The Morgan fingerprint density at radius 3 is 2.60 bits per heavy atom. The first-order valence-electron chi connectivity index (χ1n) is 6.36. The second-order valence-electron chi connectivity index (χ2n) is 4.65. The Balaban J connectivity index is 2.28. The second-order valence-corrected chi connectivity index (χ2v) is 5.81. The SMILES string of the molecule is CCc1nn(C)cc1NC(C)c1ccc(Cl)c(Cl)c1Cl. The number of nitrogens with one attached hydrogen (secondary N) is 1. The van der Waals surface area contributed by atoms with Gasteiger partial charge in [-0.25, -0.2) is 0 Å². The average Bonchev–Trinajstić information content (AvgIpc) is 2.76. The van der Waals surface area contributed by atoms with Crippen LogP contribution in [-0.4, -0.2) is 9.78 Å². The molecule has 0 fully saturated rings. The summed E-state index contributed by atoms with van der Waals surface area (Å²) in [6, 6.07) is 3.65. The fourth-order valence-electron chi connectivity index (χ4n) is 2.10. The van der Waals surface area contributed by atoms with Crippen molar-refractivity contribution in [3.63, 3.8) is 0 Å². The lowest BCUT2D eigenvalue weighted by Crippen LogP contribution is -2.08. The van der Waals surface area contributed by atoms with E-state index >= 15 is 0 Å². The molecule has 1 unspecified atom stereocenters. The number of aryl methyl sites for hydroxylation is 2. The number of hydrogen-bond donors (Lipinski definition) is 1. The third-order valence-electron chi connectivity index (χ3n) is 3.14. The third-order valence-corrected chi connectivity index (χ3v) is 4.45. The largest absolute Gasteiger partial charge is 0.376 e. The normalized spacial score (nSPS) is 12.5. The quantitative estimate of drug-likeness (QED) is 0.788. The van der Waals surface area contributed by atoms with Gasteiger partial charge in [-0.3, -0.25) is 4.68 Å². The van der Waals surface area contributed by atoms with E-state index in [0.29, 0.717) is 15.1 Å². The van der Waals surface area contributed by atoms with Gasteiger partial charge in [0.15, 0.2) is 0 Å². The first-order chi connectivity index (χ1) is 9.43. The van der Waals surface area contributed by atoms with E-state index in [0.717, 1.165) is 23.4 Å². The molecular weight excluding hydrogens is 317 g/mol. The van der Waals surface area contributed by atoms with Crippen molar-refractivity contribution in [3.8, 4) is 0 Å². The van der Waals surface area contributed by atoms with Crippen LogP contribution in [0, 0.1) is 0 Å². The van der Waals surface area contributed by atoms with Crippen LogP contribution in [0.5, 0.6) is 0 Å². The van der Waals surface area contributed by atoms with E-state index in [9.17, 15) is 0 Å². The molecule has 0 bridgehead atoms. The summed E-state index contributed by atoms with van der Waals surface area (Å²) in [5.74, 6) is 0. The minimum absolute atomic E-state index is 0.00627. The molecule has 108 valence electrons. The first kappa shape index (κ1) is 15.5. The van der Waals surface area contributed by atoms with Gasteiger partial charge in [0.25, 0.3) is 0 Å². The van der Waals surface area contributed by atoms with Gasteiger partial charge in [-0.05, 0) is 25.0 Å². The standard InChI is InChI=1S/C14H16Cl3N3/c1-4-11-12(7-20(3)19-11)18-8(2)9-5-6-10(15)14(17)13(9)16/h5-8,18H,4H2,1-3H3. The molecule has 2 aromatic rings.